The number of hydrogen-bond acceptors (Lipinski definition) is 3. The Labute approximate surface area is 257 Å². The van der Waals surface area contributed by atoms with Gasteiger partial charge in [0.05, 0.1) is 16.8 Å². The number of pyridine rings is 2. The molecule has 0 atom stereocenters. The zero-order valence-corrected chi connectivity index (χ0v) is 24.1. The Hall–Kier alpha value is -5.80. The molecule has 0 fully saturated rings. The van der Waals surface area contributed by atoms with E-state index in [4.69, 9.17) is 0 Å². The van der Waals surface area contributed by atoms with E-state index in [-0.39, 0.29) is 0 Å². The molecule has 7 aromatic rings. The summed E-state index contributed by atoms with van der Waals surface area (Å²) in [5.74, 6) is 0. The van der Waals surface area contributed by atoms with Crippen molar-refractivity contribution in [2.45, 2.75) is 5.41 Å². The standard InChI is InChI=1S/C41H29N3/c1-2-12-36(13-3-1)44-39-16-6-4-14-37(39)41(38-15-5-7-17-40(38)44,34-22-18-30(19-23-34)32-10-8-26-42-28-32)35-24-20-31(21-25-35)33-11-9-27-43-29-33/h1-29H. The molecule has 0 radical (unpaired) electrons. The number of para-hydroxylation sites is 3. The van der Waals surface area contributed by atoms with Gasteiger partial charge in [-0.25, -0.2) is 0 Å². The number of fused-ring (bicyclic) bond motifs is 2. The third-order valence-corrected chi connectivity index (χ3v) is 8.74. The van der Waals surface area contributed by atoms with E-state index in [1.165, 1.54) is 33.6 Å². The predicted octanol–water partition coefficient (Wildman–Crippen LogP) is 9.98. The van der Waals surface area contributed by atoms with Crippen LogP contribution in [0.4, 0.5) is 17.1 Å². The molecule has 0 N–H and O–H groups in total. The van der Waals surface area contributed by atoms with Crippen molar-refractivity contribution >= 4 is 17.1 Å². The molecular weight excluding hydrogens is 534 g/mol. The molecule has 0 saturated carbocycles. The van der Waals surface area contributed by atoms with E-state index in [9.17, 15) is 0 Å². The molecule has 0 bridgehead atoms. The predicted molar refractivity (Wildman–Crippen MR) is 179 cm³/mol. The lowest BCUT2D eigenvalue weighted by Crippen LogP contribution is -2.37. The second-order valence-corrected chi connectivity index (χ2v) is 11.1. The molecule has 208 valence electrons. The lowest BCUT2D eigenvalue weighted by Gasteiger charge is -2.46. The van der Waals surface area contributed by atoms with Crippen molar-refractivity contribution in [1.82, 2.24) is 9.97 Å². The molecule has 1 aliphatic heterocycles. The van der Waals surface area contributed by atoms with E-state index in [1.807, 2.05) is 36.9 Å². The van der Waals surface area contributed by atoms with Crippen LogP contribution in [0.5, 0.6) is 0 Å². The SMILES string of the molecule is c1ccc(N2c3ccccc3C(c3ccc(-c4cccnc4)cc3)(c3ccc(-c4cccnc4)cc3)c3ccccc32)cc1. The maximum Gasteiger partial charge on any atom is 0.0742 e. The van der Waals surface area contributed by atoms with Gasteiger partial charge in [0.1, 0.15) is 0 Å². The Balaban J connectivity index is 1.41. The van der Waals surface area contributed by atoms with Crippen LogP contribution in [-0.4, -0.2) is 9.97 Å². The fourth-order valence-corrected chi connectivity index (χ4v) is 6.78. The van der Waals surface area contributed by atoms with Crippen LogP contribution < -0.4 is 4.90 Å². The van der Waals surface area contributed by atoms with Crippen LogP contribution in [0.15, 0.2) is 176 Å². The van der Waals surface area contributed by atoms with E-state index in [1.54, 1.807) is 0 Å². The van der Waals surface area contributed by atoms with Gasteiger partial charge in [0.2, 0.25) is 0 Å². The minimum Gasteiger partial charge on any atom is -0.310 e. The highest BCUT2D eigenvalue weighted by atomic mass is 15.2. The normalized spacial score (nSPS) is 13.1. The number of hydrogen-bond donors (Lipinski definition) is 0. The van der Waals surface area contributed by atoms with Crippen molar-refractivity contribution < 1.29 is 0 Å². The summed E-state index contributed by atoms with van der Waals surface area (Å²) in [5, 5.41) is 0. The Morgan fingerprint density at radius 1 is 0.386 bits per heavy atom. The topological polar surface area (TPSA) is 29.0 Å². The smallest absolute Gasteiger partial charge is 0.0742 e. The summed E-state index contributed by atoms with van der Waals surface area (Å²) in [6.07, 6.45) is 7.47. The van der Waals surface area contributed by atoms with E-state index in [0.717, 1.165) is 27.9 Å². The molecule has 44 heavy (non-hydrogen) atoms. The third kappa shape index (κ3) is 4.13. The largest absolute Gasteiger partial charge is 0.310 e. The molecule has 8 rings (SSSR count). The van der Waals surface area contributed by atoms with E-state index in [2.05, 4.69) is 154 Å². The monoisotopic (exact) mass is 563 g/mol. The molecule has 3 heteroatoms. The van der Waals surface area contributed by atoms with Crippen LogP contribution in [0.25, 0.3) is 22.3 Å². The van der Waals surface area contributed by atoms with Crippen molar-refractivity contribution in [2.75, 3.05) is 4.90 Å². The maximum absolute atomic E-state index is 4.35. The first-order valence-electron chi connectivity index (χ1n) is 14.9. The molecule has 0 spiro atoms. The number of anilines is 3. The average molecular weight is 564 g/mol. The number of rotatable bonds is 5. The van der Waals surface area contributed by atoms with Gasteiger partial charge in [0.15, 0.2) is 0 Å². The minimum absolute atomic E-state index is 0.556. The molecule has 0 unspecified atom stereocenters. The van der Waals surface area contributed by atoms with Crippen LogP contribution in [0, 0.1) is 0 Å². The van der Waals surface area contributed by atoms with Crippen LogP contribution >= 0.6 is 0 Å². The summed E-state index contributed by atoms with van der Waals surface area (Å²) in [5.41, 5.74) is 12.3. The summed E-state index contributed by atoms with van der Waals surface area (Å²) in [7, 11) is 0. The summed E-state index contributed by atoms with van der Waals surface area (Å²) in [4.78, 5) is 11.1. The van der Waals surface area contributed by atoms with Gasteiger partial charge < -0.3 is 4.90 Å². The molecule has 3 heterocycles. The fraction of sp³-hybridized carbons (Fsp3) is 0.0244. The van der Waals surface area contributed by atoms with Gasteiger partial charge in [-0.3, -0.25) is 9.97 Å². The zero-order valence-electron chi connectivity index (χ0n) is 24.1. The van der Waals surface area contributed by atoms with Crippen molar-refractivity contribution in [3.8, 4) is 22.3 Å². The second kappa shape index (κ2) is 10.8. The number of benzene rings is 5. The molecule has 3 nitrogen and oxygen atoms in total. The van der Waals surface area contributed by atoms with Gasteiger partial charge in [-0.15, -0.1) is 0 Å². The van der Waals surface area contributed by atoms with Crippen LogP contribution in [0.1, 0.15) is 22.3 Å². The van der Waals surface area contributed by atoms with E-state index in [0.29, 0.717) is 0 Å². The van der Waals surface area contributed by atoms with Gasteiger partial charge >= 0.3 is 0 Å². The van der Waals surface area contributed by atoms with Crippen LogP contribution in [0.3, 0.4) is 0 Å². The van der Waals surface area contributed by atoms with E-state index < -0.39 is 5.41 Å². The summed E-state index contributed by atoms with van der Waals surface area (Å²) in [6.45, 7) is 0. The van der Waals surface area contributed by atoms with Gasteiger partial charge in [0.25, 0.3) is 0 Å². The first-order valence-corrected chi connectivity index (χ1v) is 14.9. The van der Waals surface area contributed by atoms with Gasteiger partial charge in [-0.2, -0.15) is 0 Å². The lowest BCUT2D eigenvalue weighted by atomic mass is 9.62. The molecule has 0 aliphatic carbocycles. The Morgan fingerprint density at radius 3 is 1.30 bits per heavy atom. The summed E-state index contributed by atoms with van der Waals surface area (Å²) >= 11 is 0. The minimum atomic E-state index is -0.556. The van der Waals surface area contributed by atoms with Gasteiger partial charge in [-0.05, 0) is 80.9 Å². The molecular formula is C41H29N3. The molecule has 0 amide bonds. The highest BCUT2D eigenvalue weighted by Crippen LogP contribution is 2.57. The van der Waals surface area contributed by atoms with Crippen LogP contribution in [0.2, 0.25) is 0 Å². The second-order valence-electron chi connectivity index (χ2n) is 11.1. The fourth-order valence-electron chi connectivity index (χ4n) is 6.78. The molecule has 2 aromatic heterocycles. The Bertz CT molecular complexity index is 1900. The lowest BCUT2D eigenvalue weighted by molar-refractivity contribution is 0.731. The van der Waals surface area contributed by atoms with Crippen LogP contribution in [-0.2, 0) is 5.41 Å². The quantitative estimate of drug-likeness (QED) is 0.209. The molecule has 5 aromatic carbocycles. The van der Waals surface area contributed by atoms with Crippen molar-refractivity contribution in [3.05, 3.63) is 199 Å². The van der Waals surface area contributed by atoms with Gasteiger partial charge in [0, 0.05) is 30.5 Å². The average Bonchev–Trinajstić information content (AvgIpc) is 3.12. The highest BCUT2D eigenvalue weighted by Gasteiger charge is 2.46. The number of nitrogens with zero attached hydrogens (tertiary/aromatic N) is 3. The summed E-state index contributed by atoms with van der Waals surface area (Å²) in [6, 6.07) is 54.7. The van der Waals surface area contributed by atoms with E-state index >= 15 is 0 Å². The molecule has 0 saturated heterocycles. The van der Waals surface area contributed by atoms with Crippen molar-refractivity contribution in [3.63, 3.8) is 0 Å². The number of aromatic nitrogens is 2. The third-order valence-electron chi connectivity index (χ3n) is 8.74. The van der Waals surface area contributed by atoms with Gasteiger partial charge in [-0.1, -0.05) is 115 Å². The van der Waals surface area contributed by atoms with Crippen molar-refractivity contribution in [1.29, 1.82) is 0 Å². The first-order chi connectivity index (χ1) is 21.8. The highest BCUT2D eigenvalue weighted by molar-refractivity contribution is 5.89. The summed E-state index contributed by atoms with van der Waals surface area (Å²) < 4.78 is 0. The van der Waals surface area contributed by atoms with Crippen molar-refractivity contribution in [2.24, 2.45) is 0 Å². The molecule has 1 aliphatic rings. The maximum atomic E-state index is 4.35. The first kappa shape index (κ1) is 25.9. The Kier molecular flexibility index (Phi) is 6.35. The Morgan fingerprint density at radius 2 is 0.841 bits per heavy atom. The zero-order chi connectivity index (χ0) is 29.3.